The first-order valence-electron chi connectivity index (χ1n) is 7.15. The number of aromatic nitrogens is 1. The van der Waals surface area contributed by atoms with Crippen molar-refractivity contribution in [3.63, 3.8) is 0 Å². The summed E-state index contributed by atoms with van der Waals surface area (Å²) in [5, 5.41) is 0. The van der Waals surface area contributed by atoms with Gasteiger partial charge >= 0.3 is 0 Å². The van der Waals surface area contributed by atoms with Crippen molar-refractivity contribution in [1.29, 1.82) is 0 Å². The zero-order valence-corrected chi connectivity index (χ0v) is 13.3. The lowest BCUT2D eigenvalue weighted by atomic mass is 10.0. The van der Waals surface area contributed by atoms with Gasteiger partial charge in [-0.15, -0.1) is 0 Å². The Morgan fingerprint density at radius 1 is 1.50 bits per heavy atom. The predicted molar refractivity (Wildman–Crippen MR) is 80.5 cm³/mol. The van der Waals surface area contributed by atoms with E-state index in [2.05, 4.69) is 27.8 Å². The fourth-order valence-electron chi connectivity index (χ4n) is 2.73. The van der Waals surface area contributed by atoms with Gasteiger partial charge in [0, 0.05) is 36.8 Å². The molecule has 0 bridgehead atoms. The minimum absolute atomic E-state index is 0.00500. The third kappa shape index (κ3) is 2.68. The van der Waals surface area contributed by atoms with Crippen molar-refractivity contribution in [2.45, 2.75) is 45.6 Å². The Kier molecular flexibility index (Phi) is 3.48. The van der Waals surface area contributed by atoms with Crippen LogP contribution in [-0.4, -0.2) is 22.3 Å². The van der Waals surface area contributed by atoms with Crippen molar-refractivity contribution in [3.05, 3.63) is 32.2 Å². The minimum Gasteiger partial charge on any atom is -0.363 e. The zero-order chi connectivity index (χ0) is 14.3. The number of nitrogens with zero attached hydrogens (tertiary/aromatic N) is 1. The molecule has 0 unspecified atom stereocenters. The van der Waals surface area contributed by atoms with Crippen LogP contribution in [0.4, 0.5) is 0 Å². The molecule has 0 radical (unpaired) electrons. The largest absolute Gasteiger partial charge is 0.363 e. The number of nitrogens with one attached hydrogen (secondary N) is 1. The highest BCUT2D eigenvalue weighted by atomic mass is 79.9. The van der Waals surface area contributed by atoms with Gasteiger partial charge in [0.05, 0.1) is 11.0 Å². The van der Waals surface area contributed by atoms with E-state index in [1.54, 1.807) is 6.20 Å². The molecule has 5 heteroatoms. The molecular formula is C15H19BrN2O2. The predicted octanol–water partition coefficient (Wildman–Crippen LogP) is 2.60. The Hall–Kier alpha value is -1.10. The van der Waals surface area contributed by atoms with E-state index < -0.39 is 0 Å². The molecule has 0 atom stereocenters. The number of amides is 1. The Labute approximate surface area is 126 Å². The molecule has 2 heterocycles. The molecule has 3 rings (SSSR count). The monoisotopic (exact) mass is 338 g/mol. The second kappa shape index (κ2) is 5.02. The standard InChI is InChI=1S/C15H19BrN2O2/c1-15(5-6-15)4-2-13(19)18-7-3-12-10(9-18)14(20)11(16)8-17-12/h8H,2-7,9H2,1H3,(H,17,20). The van der Waals surface area contributed by atoms with Crippen molar-refractivity contribution < 1.29 is 4.79 Å². The summed E-state index contributed by atoms with van der Waals surface area (Å²) in [6.07, 6.45) is 6.50. The van der Waals surface area contributed by atoms with Gasteiger partial charge in [-0.25, -0.2) is 0 Å². The molecule has 1 aromatic heterocycles. The van der Waals surface area contributed by atoms with E-state index in [0.717, 1.165) is 24.1 Å². The maximum atomic E-state index is 12.3. The van der Waals surface area contributed by atoms with Crippen LogP contribution >= 0.6 is 15.9 Å². The van der Waals surface area contributed by atoms with Gasteiger partial charge < -0.3 is 9.88 Å². The summed E-state index contributed by atoms with van der Waals surface area (Å²) in [5.74, 6) is 0.183. The molecule has 1 amide bonds. The number of carbonyl (C=O) groups excluding carboxylic acids is 1. The summed E-state index contributed by atoms with van der Waals surface area (Å²) in [5.41, 5.74) is 2.11. The summed E-state index contributed by atoms with van der Waals surface area (Å²) in [4.78, 5) is 29.4. The Morgan fingerprint density at radius 3 is 2.95 bits per heavy atom. The summed E-state index contributed by atoms with van der Waals surface area (Å²) < 4.78 is 0.538. The van der Waals surface area contributed by atoms with Crippen molar-refractivity contribution >= 4 is 21.8 Å². The lowest BCUT2D eigenvalue weighted by molar-refractivity contribution is -0.132. The number of pyridine rings is 1. The summed E-state index contributed by atoms with van der Waals surface area (Å²) >= 11 is 3.25. The van der Waals surface area contributed by atoms with Crippen LogP contribution in [0, 0.1) is 5.41 Å². The van der Waals surface area contributed by atoms with Gasteiger partial charge in [-0.2, -0.15) is 0 Å². The van der Waals surface area contributed by atoms with E-state index in [-0.39, 0.29) is 11.3 Å². The van der Waals surface area contributed by atoms with Crippen LogP contribution in [0.15, 0.2) is 15.5 Å². The van der Waals surface area contributed by atoms with Crippen molar-refractivity contribution in [2.75, 3.05) is 6.54 Å². The first-order chi connectivity index (χ1) is 9.48. The van der Waals surface area contributed by atoms with Crippen LogP contribution in [0.25, 0.3) is 0 Å². The van der Waals surface area contributed by atoms with E-state index in [0.29, 0.717) is 29.4 Å². The Bertz CT molecular complexity index is 604. The quantitative estimate of drug-likeness (QED) is 0.920. The van der Waals surface area contributed by atoms with E-state index in [9.17, 15) is 9.59 Å². The molecule has 2 aliphatic rings. The highest BCUT2D eigenvalue weighted by molar-refractivity contribution is 9.10. The molecule has 0 aromatic carbocycles. The summed E-state index contributed by atoms with van der Waals surface area (Å²) in [7, 11) is 0. The van der Waals surface area contributed by atoms with E-state index in [1.807, 2.05) is 4.90 Å². The number of fused-ring (bicyclic) bond motifs is 1. The number of H-pyrrole nitrogens is 1. The topological polar surface area (TPSA) is 53.2 Å². The fourth-order valence-corrected chi connectivity index (χ4v) is 3.09. The molecular weight excluding hydrogens is 320 g/mol. The van der Waals surface area contributed by atoms with Gasteiger partial charge in [0.2, 0.25) is 11.3 Å². The number of rotatable bonds is 3. The summed E-state index contributed by atoms with van der Waals surface area (Å²) in [6.45, 7) is 3.40. The molecule has 1 aliphatic carbocycles. The van der Waals surface area contributed by atoms with Crippen LogP contribution in [0.1, 0.15) is 43.9 Å². The van der Waals surface area contributed by atoms with Crippen molar-refractivity contribution in [3.8, 4) is 0 Å². The highest BCUT2D eigenvalue weighted by Crippen LogP contribution is 2.48. The zero-order valence-electron chi connectivity index (χ0n) is 11.7. The molecule has 1 aromatic rings. The van der Waals surface area contributed by atoms with Gasteiger partial charge in [-0.3, -0.25) is 9.59 Å². The van der Waals surface area contributed by atoms with Gasteiger partial charge in [-0.05, 0) is 40.6 Å². The second-order valence-corrected chi connectivity index (χ2v) is 7.15. The van der Waals surface area contributed by atoms with E-state index in [4.69, 9.17) is 0 Å². The number of carbonyl (C=O) groups is 1. The Morgan fingerprint density at radius 2 is 2.25 bits per heavy atom. The molecule has 1 aliphatic heterocycles. The number of hydrogen-bond acceptors (Lipinski definition) is 2. The second-order valence-electron chi connectivity index (χ2n) is 6.30. The average molecular weight is 339 g/mol. The third-order valence-electron chi connectivity index (χ3n) is 4.61. The molecule has 0 spiro atoms. The SMILES string of the molecule is CC1(CCC(=O)N2CCc3[nH]cc(Br)c(=O)c3C2)CC1. The van der Waals surface area contributed by atoms with Crippen molar-refractivity contribution in [2.24, 2.45) is 5.41 Å². The van der Waals surface area contributed by atoms with Crippen LogP contribution in [0.2, 0.25) is 0 Å². The van der Waals surface area contributed by atoms with Crippen LogP contribution in [0.3, 0.4) is 0 Å². The van der Waals surface area contributed by atoms with Crippen LogP contribution in [0.5, 0.6) is 0 Å². The fraction of sp³-hybridized carbons (Fsp3) is 0.600. The lowest BCUT2D eigenvalue weighted by Crippen LogP contribution is -2.39. The van der Waals surface area contributed by atoms with E-state index in [1.165, 1.54) is 12.8 Å². The number of halogens is 1. The van der Waals surface area contributed by atoms with Gasteiger partial charge in [0.15, 0.2) is 0 Å². The normalized spacial score (nSPS) is 19.6. The maximum absolute atomic E-state index is 12.3. The first-order valence-corrected chi connectivity index (χ1v) is 7.94. The smallest absolute Gasteiger partial charge is 0.222 e. The maximum Gasteiger partial charge on any atom is 0.222 e. The van der Waals surface area contributed by atoms with Crippen LogP contribution in [-0.2, 0) is 17.8 Å². The van der Waals surface area contributed by atoms with Gasteiger partial charge in [-0.1, -0.05) is 6.92 Å². The molecule has 108 valence electrons. The molecule has 0 saturated heterocycles. The molecule has 20 heavy (non-hydrogen) atoms. The molecule has 1 N–H and O–H groups in total. The highest BCUT2D eigenvalue weighted by Gasteiger charge is 2.37. The lowest BCUT2D eigenvalue weighted by Gasteiger charge is -2.28. The first kappa shape index (κ1) is 13.9. The number of aromatic amines is 1. The molecule has 1 saturated carbocycles. The van der Waals surface area contributed by atoms with E-state index >= 15 is 0 Å². The Balaban J connectivity index is 1.69. The van der Waals surface area contributed by atoms with Crippen LogP contribution < -0.4 is 5.43 Å². The molecule has 4 nitrogen and oxygen atoms in total. The third-order valence-corrected chi connectivity index (χ3v) is 5.20. The van der Waals surface area contributed by atoms with Crippen molar-refractivity contribution in [1.82, 2.24) is 9.88 Å². The molecule has 1 fully saturated rings. The average Bonchev–Trinajstić information content (AvgIpc) is 3.18. The summed E-state index contributed by atoms with van der Waals surface area (Å²) in [6, 6.07) is 0. The van der Waals surface area contributed by atoms with Gasteiger partial charge in [0.25, 0.3) is 0 Å². The van der Waals surface area contributed by atoms with Gasteiger partial charge in [0.1, 0.15) is 0 Å². The minimum atomic E-state index is 0.00500. The number of hydrogen-bond donors (Lipinski definition) is 1.